The van der Waals surface area contributed by atoms with Crippen molar-refractivity contribution >= 4 is 16.9 Å². The van der Waals surface area contributed by atoms with Gasteiger partial charge in [-0.15, -0.1) is 0 Å². The van der Waals surface area contributed by atoms with Gasteiger partial charge < -0.3 is 16.5 Å². The minimum absolute atomic E-state index is 0.485. The number of nitrogens with two attached hydrogens (primary N) is 2. The molecule has 2 aromatic heterocycles. The molecule has 0 atom stereocenters. The van der Waals surface area contributed by atoms with Crippen LogP contribution in [0.1, 0.15) is 5.56 Å². The van der Waals surface area contributed by atoms with Crippen LogP contribution in [0.3, 0.4) is 0 Å². The fourth-order valence-electron chi connectivity index (χ4n) is 2.03. The summed E-state index contributed by atoms with van der Waals surface area (Å²) in [5.74, 6) is 0.485. The highest BCUT2D eigenvalue weighted by Crippen LogP contribution is 2.30. The molecule has 0 amide bonds. The van der Waals surface area contributed by atoms with Gasteiger partial charge in [-0.25, -0.2) is 9.97 Å². The average Bonchev–Trinajstić information content (AvgIpc) is 2.84. The van der Waals surface area contributed by atoms with E-state index in [4.69, 9.17) is 11.5 Å². The lowest BCUT2D eigenvalue weighted by Gasteiger charge is -2.02. The number of H-pyrrole nitrogens is 1. The number of aromatic amines is 1. The zero-order valence-corrected chi connectivity index (χ0v) is 9.72. The predicted octanol–water partition coefficient (Wildman–Crippen LogP) is 1.67. The molecule has 1 aromatic carbocycles. The Morgan fingerprint density at radius 1 is 1.11 bits per heavy atom. The van der Waals surface area contributed by atoms with Crippen molar-refractivity contribution in [2.24, 2.45) is 5.73 Å². The summed E-state index contributed by atoms with van der Waals surface area (Å²) in [6, 6.07) is 8.07. The Morgan fingerprint density at radius 2 is 1.89 bits per heavy atom. The molecule has 0 aliphatic heterocycles. The summed E-state index contributed by atoms with van der Waals surface area (Å²) in [5.41, 5.74) is 15.4. The van der Waals surface area contributed by atoms with Crippen molar-refractivity contribution in [2.75, 3.05) is 5.73 Å². The second-order valence-electron chi connectivity index (χ2n) is 4.09. The molecule has 18 heavy (non-hydrogen) atoms. The van der Waals surface area contributed by atoms with Crippen LogP contribution >= 0.6 is 0 Å². The van der Waals surface area contributed by atoms with Crippen LogP contribution in [-0.2, 0) is 6.54 Å². The van der Waals surface area contributed by atoms with Crippen molar-refractivity contribution in [1.82, 2.24) is 15.0 Å². The molecule has 0 fully saturated rings. The number of nitrogens with zero attached hydrogens (tertiary/aromatic N) is 2. The molecule has 0 unspecified atom stereocenters. The Labute approximate surface area is 104 Å². The molecule has 5 N–H and O–H groups in total. The maximum atomic E-state index is 5.90. The van der Waals surface area contributed by atoms with Crippen LogP contribution in [0, 0.1) is 0 Å². The Bertz CT molecular complexity index is 684. The normalized spacial score (nSPS) is 10.9. The van der Waals surface area contributed by atoms with Gasteiger partial charge in [-0.3, -0.25) is 0 Å². The summed E-state index contributed by atoms with van der Waals surface area (Å²) in [4.78, 5) is 11.3. The minimum Gasteiger partial charge on any atom is -0.383 e. The smallest absolute Gasteiger partial charge is 0.143 e. The van der Waals surface area contributed by atoms with E-state index in [1.165, 1.54) is 6.33 Å². The Morgan fingerprint density at radius 3 is 2.61 bits per heavy atom. The highest BCUT2D eigenvalue weighted by molar-refractivity contribution is 6.00. The van der Waals surface area contributed by atoms with E-state index in [0.29, 0.717) is 12.4 Å². The highest BCUT2D eigenvalue weighted by atomic mass is 15.0. The van der Waals surface area contributed by atoms with Crippen molar-refractivity contribution in [2.45, 2.75) is 6.54 Å². The second kappa shape index (κ2) is 4.12. The topological polar surface area (TPSA) is 93.6 Å². The molecular weight excluding hydrogens is 226 g/mol. The SMILES string of the molecule is NCc1ccc(-c2c[nH]c3ncnc(N)c23)cc1. The third-order valence-corrected chi connectivity index (χ3v) is 3.00. The van der Waals surface area contributed by atoms with Gasteiger partial charge in [0.05, 0.1) is 5.39 Å². The summed E-state index contributed by atoms with van der Waals surface area (Å²) in [6.07, 6.45) is 3.35. The van der Waals surface area contributed by atoms with Crippen molar-refractivity contribution in [1.29, 1.82) is 0 Å². The monoisotopic (exact) mass is 239 g/mol. The van der Waals surface area contributed by atoms with E-state index < -0.39 is 0 Å². The summed E-state index contributed by atoms with van der Waals surface area (Å²) >= 11 is 0. The molecule has 3 aromatic rings. The van der Waals surface area contributed by atoms with Crippen LogP contribution in [0.4, 0.5) is 5.82 Å². The standard InChI is InChI=1S/C13H13N5/c14-5-8-1-3-9(4-2-8)10-6-16-13-11(10)12(15)17-7-18-13/h1-4,6-7H,5,14H2,(H3,15,16,17,18). The van der Waals surface area contributed by atoms with Crippen LogP contribution in [-0.4, -0.2) is 15.0 Å². The van der Waals surface area contributed by atoms with E-state index >= 15 is 0 Å². The first-order valence-corrected chi connectivity index (χ1v) is 5.66. The van der Waals surface area contributed by atoms with Gasteiger partial charge in [0, 0.05) is 18.3 Å². The Balaban J connectivity index is 2.18. The summed E-state index contributed by atoms with van der Waals surface area (Å²) < 4.78 is 0. The lowest BCUT2D eigenvalue weighted by atomic mass is 10.0. The van der Waals surface area contributed by atoms with Crippen molar-refractivity contribution < 1.29 is 0 Å². The van der Waals surface area contributed by atoms with Gasteiger partial charge in [0.15, 0.2) is 0 Å². The van der Waals surface area contributed by atoms with E-state index in [-0.39, 0.29) is 0 Å². The molecule has 0 aliphatic rings. The average molecular weight is 239 g/mol. The first kappa shape index (κ1) is 10.7. The number of benzene rings is 1. The first-order chi connectivity index (χ1) is 8.79. The van der Waals surface area contributed by atoms with Gasteiger partial charge in [-0.1, -0.05) is 24.3 Å². The second-order valence-corrected chi connectivity index (χ2v) is 4.09. The van der Waals surface area contributed by atoms with Crippen molar-refractivity contribution in [3.8, 4) is 11.1 Å². The Hall–Kier alpha value is -2.40. The zero-order chi connectivity index (χ0) is 12.5. The van der Waals surface area contributed by atoms with Crippen molar-refractivity contribution in [3.05, 3.63) is 42.4 Å². The van der Waals surface area contributed by atoms with E-state index in [9.17, 15) is 0 Å². The quantitative estimate of drug-likeness (QED) is 0.634. The summed E-state index contributed by atoms with van der Waals surface area (Å²) in [6.45, 7) is 0.541. The summed E-state index contributed by atoms with van der Waals surface area (Å²) in [7, 11) is 0. The van der Waals surface area contributed by atoms with Crippen LogP contribution in [0.25, 0.3) is 22.2 Å². The number of nitrogens with one attached hydrogen (secondary N) is 1. The van der Waals surface area contributed by atoms with Gasteiger partial charge in [-0.2, -0.15) is 0 Å². The third kappa shape index (κ3) is 1.61. The third-order valence-electron chi connectivity index (χ3n) is 3.00. The molecule has 5 nitrogen and oxygen atoms in total. The largest absolute Gasteiger partial charge is 0.383 e. The zero-order valence-electron chi connectivity index (χ0n) is 9.72. The molecule has 0 saturated carbocycles. The molecule has 0 bridgehead atoms. The fraction of sp³-hybridized carbons (Fsp3) is 0.0769. The van der Waals surface area contributed by atoms with Gasteiger partial charge in [0.25, 0.3) is 0 Å². The van der Waals surface area contributed by atoms with Crippen LogP contribution in [0.5, 0.6) is 0 Å². The summed E-state index contributed by atoms with van der Waals surface area (Å²) in [5, 5.41) is 0.859. The first-order valence-electron chi connectivity index (χ1n) is 5.66. The van der Waals surface area contributed by atoms with E-state index in [0.717, 1.165) is 27.7 Å². The van der Waals surface area contributed by atoms with E-state index in [1.807, 2.05) is 30.5 Å². The fourth-order valence-corrected chi connectivity index (χ4v) is 2.03. The van der Waals surface area contributed by atoms with Crippen LogP contribution < -0.4 is 11.5 Å². The molecule has 0 aliphatic carbocycles. The molecule has 2 heterocycles. The molecule has 0 saturated heterocycles. The number of aromatic nitrogens is 3. The number of rotatable bonds is 2. The molecule has 3 rings (SSSR count). The molecular formula is C13H13N5. The highest BCUT2D eigenvalue weighted by Gasteiger charge is 2.10. The van der Waals surface area contributed by atoms with E-state index in [2.05, 4.69) is 15.0 Å². The number of hydrogen-bond donors (Lipinski definition) is 3. The van der Waals surface area contributed by atoms with Gasteiger partial charge in [-0.05, 0) is 11.1 Å². The number of hydrogen-bond acceptors (Lipinski definition) is 4. The lowest BCUT2D eigenvalue weighted by molar-refractivity contribution is 1.07. The Kier molecular flexibility index (Phi) is 2.46. The molecule has 0 radical (unpaired) electrons. The van der Waals surface area contributed by atoms with Gasteiger partial charge in [0.1, 0.15) is 17.8 Å². The van der Waals surface area contributed by atoms with Crippen molar-refractivity contribution in [3.63, 3.8) is 0 Å². The van der Waals surface area contributed by atoms with Crippen LogP contribution in [0.15, 0.2) is 36.8 Å². The number of fused-ring (bicyclic) bond motifs is 1. The maximum absolute atomic E-state index is 5.90. The molecule has 90 valence electrons. The van der Waals surface area contributed by atoms with Gasteiger partial charge in [0.2, 0.25) is 0 Å². The lowest BCUT2D eigenvalue weighted by Crippen LogP contribution is -1.95. The van der Waals surface area contributed by atoms with E-state index in [1.54, 1.807) is 0 Å². The van der Waals surface area contributed by atoms with Crippen LogP contribution in [0.2, 0.25) is 0 Å². The minimum atomic E-state index is 0.485. The molecule has 5 heteroatoms. The maximum Gasteiger partial charge on any atom is 0.143 e. The predicted molar refractivity (Wildman–Crippen MR) is 71.6 cm³/mol. The molecule has 0 spiro atoms. The number of nitrogen functional groups attached to an aromatic ring is 1. The number of anilines is 1. The van der Waals surface area contributed by atoms with Gasteiger partial charge >= 0.3 is 0 Å².